The molecule has 2 heterocycles. The highest BCUT2D eigenvalue weighted by molar-refractivity contribution is 4.82. The Kier molecular flexibility index (Phi) is 2.64. The fourth-order valence-electron chi connectivity index (χ4n) is 1.94. The molecule has 0 spiro atoms. The molecule has 1 fully saturated rings. The van der Waals surface area contributed by atoms with Crippen LogP contribution in [0.4, 0.5) is 0 Å². The molecule has 1 aromatic heterocycles. The number of aromatic nitrogens is 2. The predicted molar refractivity (Wildman–Crippen MR) is 51.4 cm³/mol. The molecule has 1 aliphatic rings. The number of piperidine rings is 1. The van der Waals surface area contributed by atoms with Crippen molar-refractivity contribution in [2.45, 2.75) is 25.8 Å². The Morgan fingerprint density at radius 2 is 2.23 bits per heavy atom. The summed E-state index contributed by atoms with van der Waals surface area (Å²) in [6.07, 6.45) is 6.14. The van der Waals surface area contributed by atoms with Gasteiger partial charge in [-0.3, -0.25) is 4.68 Å². The summed E-state index contributed by atoms with van der Waals surface area (Å²) in [5, 5.41) is 4.23. The van der Waals surface area contributed by atoms with E-state index in [0.717, 1.165) is 0 Å². The van der Waals surface area contributed by atoms with Crippen molar-refractivity contribution in [1.29, 1.82) is 0 Å². The van der Waals surface area contributed by atoms with E-state index in [1.165, 1.54) is 32.5 Å². The van der Waals surface area contributed by atoms with Crippen LogP contribution in [0, 0.1) is 6.07 Å². The zero-order valence-corrected chi connectivity index (χ0v) is 8.11. The molecule has 0 N–H and O–H groups in total. The molecule has 0 bridgehead atoms. The Morgan fingerprint density at radius 3 is 2.77 bits per heavy atom. The van der Waals surface area contributed by atoms with Crippen LogP contribution in [0.2, 0.25) is 0 Å². The van der Waals surface area contributed by atoms with E-state index >= 15 is 0 Å². The first-order chi connectivity index (χ1) is 6.40. The number of hydrogen-bond donors (Lipinski definition) is 0. The minimum atomic E-state index is 0.606. The molecule has 1 saturated heterocycles. The second kappa shape index (κ2) is 3.92. The molecule has 1 radical (unpaired) electrons. The monoisotopic (exact) mass is 178 g/mol. The van der Waals surface area contributed by atoms with E-state index < -0.39 is 0 Å². The Morgan fingerprint density at radius 1 is 1.46 bits per heavy atom. The van der Waals surface area contributed by atoms with Gasteiger partial charge in [0.05, 0.1) is 12.2 Å². The summed E-state index contributed by atoms with van der Waals surface area (Å²) < 4.78 is 2.05. The first-order valence-corrected chi connectivity index (χ1v) is 5.02. The highest BCUT2D eigenvalue weighted by Gasteiger charge is 2.18. The van der Waals surface area contributed by atoms with Crippen molar-refractivity contribution in [3.63, 3.8) is 0 Å². The maximum atomic E-state index is 4.23. The molecule has 0 amide bonds. The lowest BCUT2D eigenvalue weighted by Gasteiger charge is -2.30. The van der Waals surface area contributed by atoms with E-state index in [4.69, 9.17) is 0 Å². The molecule has 0 unspecified atom stereocenters. The zero-order chi connectivity index (χ0) is 9.10. The molecular weight excluding hydrogens is 162 g/mol. The standard InChI is InChI=1S/C10H16N3/c1-2-12-8-4-10(5-9-12)13-7-3-6-11-13/h6-7,10H,2,4-5,8-9H2,1H3. The van der Waals surface area contributed by atoms with Gasteiger partial charge in [-0.2, -0.15) is 5.10 Å². The Labute approximate surface area is 79.3 Å². The number of nitrogens with zero attached hydrogens (tertiary/aromatic N) is 3. The summed E-state index contributed by atoms with van der Waals surface area (Å²) >= 11 is 0. The van der Waals surface area contributed by atoms with Crippen LogP contribution in [-0.2, 0) is 0 Å². The van der Waals surface area contributed by atoms with Gasteiger partial charge in [-0.15, -0.1) is 0 Å². The van der Waals surface area contributed by atoms with Crippen molar-refractivity contribution in [1.82, 2.24) is 14.7 Å². The summed E-state index contributed by atoms with van der Waals surface area (Å²) in [6, 6.07) is 3.60. The minimum absolute atomic E-state index is 0.606. The third kappa shape index (κ3) is 1.91. The van der Waals surface area contributed by atoms with Gasteiger partial charge in [0.15, 0.2) is 0 Å². The summed E-state index contributed by atoms with van der Waals surface area (Å²) in [5.41, 5.74) is 0. The average Bonchev–Trinajstić information content (AvgIpc) is 2.71. The molecule has 3 nitrogen and oxygen atoms in total. The maximum Gasteiger partial charge on any atom is 0.0569 e. The number of likely N-dealkylation sites (tertiary alicyclic amines) is 1. The number of hydrogen-bond acceptors (Lipinski definition) is 2. The molecule has 3 heteroatoms. The van der Waals surface area contributed by atoms with Crippen LogP contribution >= 0.6 is 0 Å². The highest BCUT2D eigenvalue weighted by atomic mass is 15.3. The van der Waals surface area contributed by atoms with E-state index in [1.807, 2.05) is 10.9 Å². The molecule has 2 rings (SSSR count). The van der Waals surface area contributed by atoms with Gasteiger partial charge in [0, 0.05) is 25.4 Å². The van der Waals surface area contributed by atoms with Gasteiger partial charge in [0.25, 0.3) is 0 Å². The second-order valence-electron chi connectivity index (χ2n) is 3.59. The Balaban J connectivity index is 1.92. The molecule has 0 atom stereocenters. The van der Waals surface area contributed by atoms with Gasteiger partial charge in [0.1, 0.15) is 0 Å². The van der Waals surface area contributed by atoms with Crippen LogP contribution in [-0.4, -0.2) is 34.3 Å². The fraction of sp³-hybridized carbons (Fsp3) is 0.700. The third-order valence-electron chi connectivity index (χ3n) is 2.85. The number of rotatable bonds is 2. The smallest absolute Gasteiger partial charge is 0.0569 e. The maximum absolute atomic E-state index is 4.23. The van der Waals surface area contributed by atoms with Crippen LogP contribution in [0.3, 0.4) is 0 Å². The van der Waals surface area contributed by atoms with Gasteiger partial charge in [-0.05, 0) is 19.4 Å². The summed E-state index contributed by atoms with van der Waals surface area (Å²) in [7, 11) is 0. The van der Waals surface area contributed by atoms with Crippen LogP contribution in [0.25, 0.3) is 0 Å². The van der Waals surface area contributed by atoms with Crippen molar-refractivity contribution in [2.24, 2.45) is 0 Å². The van der Waals surface area contributed by atoms with Crippen LogP contribution < -0.4 is 0 Å². The first kappa shape index (κ1) is 8.75. The fourth-order valence-corrected chi connectivity index (χ4v) is 1.94. The van der Waals surface area contributed by atoms with Crippen molar-refractivity contribution >= 4 is 0 Å². The van der Waals surface area contributed by atoms with Crippen molar-refractivity contribution < 1.29 is 0 Å². The minimum Gasteiger partial charge on any atom is -0.303 e. The van der Waals surface area contributed by atoms with Crippen molar-refractivity contribution in [3.8, 4) is 0 Å². The van der Waals surface area contributed by atoms with Gasteiger partial charge in [-0.25, -0.2) is 0 Å². The average molecular weight is 178 g/mol. The van der Waals surface area contributed by atoms with Crippen LogP contribution in [0.1, 0.15) is 25.8 Å². The second-order valence-corrected chi connectivity index (χ2v) is 3.59. The first-order valence-electron chi connectivity index (χ1n) is 5.02. The van der Waals surface area contributed by atoms with Gasteiger partial charge in [-0.1, -0.05) is 6.92 Å². The van der Waals surface area contributed by atoms with Gasteiger partial charge >= 0.3 is 0 Å². The van der Waals surface area contributed by atoms with E-state index in [2.05, 4.69) is 23.0 Å². The predicted octanol–water partition coefficient (Wildman–Crippen LogP) is 1.34. The van der Waals surface area contributed by atoms with Crippen molar-refractivity contribution in [2.75, 3.05) is 19.6 Å². The van der Waals surface area contributed by atoms with Gasteiger partial charge < -0.3 is 4.90 Å². The zero-order valence-electron chi connectivity index (χ0n) is 8.11. The van der Waals surface area contributed by atoms with E-state index in [-0.39, 0.29) is 0 Å². The lowest BCUT2D eigenvalue weighted by molar-refractivity contribution is 0.187. The quantitative estimate of drug-likeness (QED) is 0.681. The largest absolute Gasteiger partial charge is 0.303 e. The molecule has 1 aliphatic heterocycles. The topological polar surface area (TPSA) is 21.1 Å². The third-order valence-corrected chi connectivity index (χ3v) is 2.85. The SMILES string of the molecule is CCN1CCC(n2c[c]cn2)CC1. The Hall–Kier alpha value is -0.830. The molecule has 71 valence electrons. The molecule has 0 aromatic carbocycles. The summed E-state index contributed by atoms with van der Waals surface area (Å²) in [6.45, 7) is 5.82. The van der Waals surface area contributed by atoms with Crippen molar-refractivity contribution in [3.05, 3.63) is 18.5 Å². The molecular formula is C10H16N3. The summed E-state index contributed by atoms with van der Waals surface area (Å²) in [4.78, 5) is 2.49. The molecule has 0 aliphatic carbocycles. The van der Waals surface area contributed by atoms with E-state index in [0.29, 0.717) is 6.04 Å². The summed E-state index contributed by atoms with van der Waals surface area (Å²) in [5.74, 6) is 0. The van der Waals surface area contributed by atoms with E-state index in [1.54, 1.807) is 6.20 Å². The normalized spacial score (nSPS) is 20.7. The molecule has 1 aromatic rings. The molecule has 13 heavy (non-hydrogen) atoms. The Bertz CT molecular complexity index is 235. The molecule has 0 saturated carbocycles. The highest BCUT2D eigenvalue weighted by Crippen LogP contribution is 2.20. The lowest BCUT2D eigenvalue weighted by atomic mass is 10.1. The lowest BCUT2D eigenvalue weighted by Crippen LogP contribution is -2.34. The van der Waals surface area contributed by atoms with Crippen LogP contribution in [0.15, 0.2) is 12.4 Å². The van der Waals surface area contributed by atoms with E-state index in [9.17, 15) is 0 Å². The van der Waals surface area contributed by atoms with Crippen LogP contribution in [0.5, 0.6) is 0 Å². The van der Waals surface area contributed by atoms with Gasteiger partial charge in [0.2, 0.25) is 0 Å².